The number of carbonyl (C=O) groups is 1. The molecule has 3 heteroatoms. The van der Waals surface area contributed by atoms with Gasteiger partial charge in [0.05, 0.1) is 11.2 Å². The Hall–Kier alpha value is -0.570. The lowest BCUT2D eigenvalue weighted by atomic mass is 9.77. The predicted molar refractivity (Wildman–Crippen MR) is 77.2 cm³/mol. The van der Waals surface area contributed by atoms with Gasteiger partial charge in [0.25, 0.3) is 0 Å². The van der Waals surface area contributed by atoms with Gasteiger partial charge in [-0.3, -0.25) is 4.79 Å². The summed E-state index contributed by atoms with van der Waals surface area (Å²) in [5.74, 6) is 2.13. The standard InChI is InChI=1S/C17H28O3/c1-10-8-14(19-11(2)18)15-13(10)9-12-6-7-17(15,5)20-16(12,3)4/h10,12-15H,6-9H2,1-5H3/t10-,12+,13-,14-,15+,17-/m1/s1. The molecule has 0 aromatic carbocycles. The molecule has 0 aromatic rings. The Kier molecular flexibility index (Phi) is 3.20. The topological polar surface area (TPSA) is 35.5 Å². The molecule has 2 aliphatic carbocycles. The molecule has 0 spiro atoms. The molecule has 0 N–H and O–H groups in total. The summed E-state index contributed by atoms with van der Waals surface area (Å²) in [5.41, 5.74) is -0.177. The Morgan fingerprint density at radius 3 is 2.55 bits per heavy atom. The predicted octanol–water partition coefficient (Wildman–Crippen LogP) is 3.56. The minimum absolute atomic E-state index is 0.0438. The van der Waals surface area contributed by atoms with Gasteiger partial charge in [0.2, 0.25) is 0 Å². The van der Waals surface area contributed by atoms with Gasteiger partial charge in [0.15, 0.2) is 0 Å². The quantitative estimate of drug-likeness (QED) is 0.689. The molecule has 20 heavy (non-hydrogen) atoms. The lowest BCUT2D eigenvalue weighted by Gasteiger charge is -2.48. The second-order valence-corrected chi connectivity index (χ2v) is 8.04. The van der Waals surface area contributed by atoms with E-state index in [0.29, 0.717) is 23.7 Å². The maximum atomic E-state index is 11.4. The lowest BCUT2D eigenvalue weighted by molar-refractivity contribution is -0.213. The van der Waals surface area contributed by atoms with Gasteiger partial charge >= 0.3 is 5.97 Å². The van der Waals surface area contributed by atoms with Crippen molar-refractivity contribution < 1.29 is 14.3 Å². The number of esters is 1. The van der Waals surface area contributed by atoms with Crippen LogP contribution in [0, 0.1) is 23.7 Å². The number of rotatable bonds is 1. The van der Waals surface area contributed by atoms with Crippen LogP contribution in [-0.2, 0) is 14.3 Å². The highest BCUT2D eigenvalue weighted by Crippen LogP contribution is 2.58. The van der Waals surface area contributed by atoms with Crippen LogP contribution in [0.15, 0.2) is 0 Å². The zero-order chi connectivity index (χ0) is 14.7. The molecule has 0 radical (unpaired) electrons. The first-order valence-corrected chi connectivity index (χ1v) is 8.10. The van der Waals surface area contributed by atoms with E-state index in [1.54, 1.807) is 0 Å². The highest BCUT2D eigenvalue weighted by atomic mass is 16.6. The van der Waals surface area contributed by atoms with Crippen molar-refractivity contribution in [2.24, 2.45) is 23.7 Å². The Bertz CT molecular complexity index is 416. The fourth-order valence-electron chi connectivity index (χ4n) is 5.39. The smallest absolute Gasteiger partial charge is 0.302 e. The van der Waals surface area contributed by atoms with E-state index in [1.807, 2.05) is 0 Å². The number of carbonyl (C=O) groups excluding carboxylic acids is 1. The summed E-state index contributed by atoms with van der Waals surface area (Å²) in [5, 5.41) is 0. The molecule has 114 valence electrons. The molecule has 4 aliphatic rings. The first kappa shape index (κ1) is 14.4. The summed E-state index contributed by atoms with van der Waals surface area (Å²) < 4.78 is 12.2. The van der Waals surface area contributed by atoms with E-state index in [2.05, 4.69) is 27.7 Å². The number of hydrogen-bond acceptors (Lipinski definition) is 3. The first-order chi connectivity index (χ1) is 9.23. The molecule has 0 amide bonds. The monoisotopic (exact) mass is 280 g/mol. The molecule has 0 aromatic heterocycles. The molecule has 2 bridgehead atoms. The van der Waals surface area contributed by atoms with E-state index < -0.39 is 0 Å². The minimum atomic E-state index is -0.149. The van der Waals surface area contributed by atoms with Gasteiger partial charge < -0.3 is 9.47 Å². The average molecular weight is 280 g/mol. The Labute approximate surface area is 122 Å². The molecule has 2 aliphatic heterocycles. The van der Waals surface area contributed by atoms with Gasteiger partial charge in [-0.25, -0.2) is 0 Å². The minimum Gasteiger partial charge on any atom is -0.462 e. The van der Waals surface area contributed by atoms with Crippen LogP contribution in [0.1, 0.15) is 60.3 Å². The zero-order valence-electron chi connectivity index (χ0n) is 13.4. The van der Waals surface area contributed by atoms with Crippen molar-refractivity contribution in [2.45, 2.75) is 77.6 Å². The van der Waals surface area contributed by atoms with Crippen molar-refractivity contribution in [3.8, 4) is 0 Å². The van der Waals surface area contributed by atoms with Crippen molar-refractivity contribution in [1.29, 1.82) is 0 Å². The van der Waals surface area contributed by atoms with E-state index in [-0.39, 0.29) is 23.3 Å². The molecule has 2 saturated heterocycles. The number of hydrogen-bond donors (Lipinski definition) is 0. The van der Waals surface area contributed by atoms with Crippen LogP contribution in [-0.4, -0.2) is 23.3 Å². The SMILES string of the molecule is CC(=O)O[C@@H]1C[C@@H](C)[C@H]2C[C@@H]3CC[C@@](C)(OC3(C)C)[C@@H]21. The molecule has 2 heterocycles. The van der Waals surface area contributed by atoms with Crippen LogP contribution in [0.2, 0.25) is 0 Å². The van der Waals surface area contributed by atoms with Gasteiger partial charge in [0, 0.05) is 12.8 Å². The van der Waals surface area contributed by atoms with E-state index in [1.165, 1.54) is 19.8 Å². The van der Waals surface area contributed by atoms with Crippen LogP contribution in [0.4, 0.5) is 0 Å². The average Bonchev–Trinajstić information content (AvgIpc) is 2.46. The van der Waals surface area contributed by atoms with Crippen LogP contribution >= 0.6 is 0 Å². The number of ether oxygens (including phenoxy) is 2. The van der Waals surface area contributed by atoms with E-state index >= 15 is 0 Å². The number of fused-ring (bicyclic) bond motifs is 2. The Balaban J connectivity index is 1.96. The van der Waals surface area contributed by atoms with Crippen molar-refractivity contribution in [2.75, 3.05) is 0 Å². The maximum Gasteiger partial charge on any atom is 0.302 e. The van der Waals surface area contributed by atoms with Crippen molar-refractivity contribution >= 4 is 5.97 Å². The van der Waals surface area contributed by atoms with Crippen molar-refractivity contribution in [3.05, 3.63) is 0 Å². The van der Waals surface area contributed by atoms with Crippen molar-refractivity contribution in [3.63, 3.8) is 0 Å². The third-order valence-corrected chi connectivity index (χ3v) is 6.24. The third-order valence-electron chi connectivity index (χ3n) is 6.24. The normalized spacial score (nSPS) is 49.5. The summed E-state index contributed by atoms with van der Waals surface area (Å²) >= 11 is 0. The molecule has 2 saturated carbocycles. The van der Waals surface area contributed by atoms with Gasteiger partial charge in [-0.2, -0.15) is 0 Å². The Morgan fingerprint density at radius 1 is 1.25 bits per heavy atom. The largest absolute Gasteiger partial charge is 0.462 e. The highest BCUT2D eigenvalue weighted by Gasteiger charge is 2.60. The summed E-state index contributed by atoms with van der Waals surface area (Å²) in [7, 11) is 0. The summed E-state index contributed by atoms with van der Waals surface area (Å²) in [6.07, 6.45) is 4.63. The lowest BCUT2D eigenvalue weighted by Crippen LogP contribution is -2.52. The molecule has 3 nitrogen and oxygen atoms in total. The highest BCUT2D eigenvalue weighted by molar-refractivity contribution is 5.66. The molecular formula is C17H28O3. The van der Waals surface area contributed by atoms with E-state index in [4.69, 9.17) is 9.47 Å². The molecule has 6 atom stereocenters. The summed E-state index contributed by atoms with van der Waals surface area (Å²) in [6.45, 7) is 10.6. The van der Waals surface area contributed by atoms with Gasteiger partial charge in [-0.05, 0) is 64.2 Å². The van der Waals surface area contributed by atoms with E-state index in [0.717, 1.165) is 12.8 Å². The zero-order valence-corrected chi connectivity index (χ0v) is 13.4. The second-order valence-electron chi connectivity index (χ2n) is 8.04. The Morgan fingerprint density at radius 2 is 1.95 bits per heavy atom. The fraction of sp³-hybridized carbons (Fsp3) is 0.941. The van der Waals surface area contributed by atoms with Crippen molar-refractivity contribution in [1.82, 2.24) is 0 Å². The first-order valence-electron chi connectivity index (χ1n) is 8.10. The van der Waals surface area contributed by atoms with Crippen LogP contribution in [0.5, 0.6) is 0 Å². The molecule has 4 fully saturated rings. The van der Waals surface area contributed by atoms with Crippen LogP contribution < -0.4 is 0 Å². The molecule has 0 unspecified atom stereocenters. The fourth-order valence-corrected chi connectivity index (χ4v) is 5.39. The second kappa shape index (κ2) is 4.46. The van der Waals surface area contributed by atoms with Gasteiger partial charge in [-0.15, -0.1) is 0 Å². The molecule has 4 rings (SSSR count). The van der Waals surface area contributed by atoms with Gasteiger partial charge in [-0.1, -0.05) is 6.92 Å². The third kappa shape index (κ3) is 2.09. The van der Waals surface area contributed by atoms with Gasteiger partial charge in [0.1, 0.15) is 6.10 Å². The molecular weight excluding hydrogens is 252 g/mol. The van der Waals surface area contributed by atoms with Crippen LogP contribution in [0.3, 0.4) is 0 Å². The summed E-state index contributed by atoms with van der Waals surface area (Å²) in [4.78, 5) is 11.4. The maximum absolute atomic E-state index is 11.4. The van der Waals surface area contributed by atoms with Crippen LogP contribution in [0.25, 0.3) is 0 Å². The van der Waals surface area contributed by atoms with E-state index in [9.17, 15) is 4.79 Å². The summed E-state index contributed by atoms with van der Waals surface area (Å²) in [6, 6.07) is 0.